The first-order valence-electron chi connectivity index (χ1n) is 24.9. The maximum Gasteiger partial charge on any atom is 0.255 e. The molecule has 10 aromatic rings. The topological polar surface area (TPSA) is 244 Å². The minimum absolute atomic E-state index is 0. The highest BCUT2D eigenvalue weighted by Crippen LogP contribution is 2.40. The van der Waals surface area contributed by atoms with Gasteiger partial charge in [-0.2, -0.15) is 0 Å². The molecule has 418 valence electrons. The Morgan fingerprint density at radius 1 is 0.642 bits per heavy atom. The van der Waals surface area contributed by atoms with Crippen LogP contribution in [0.25, 0.3) is 65.9 Å². The van der Waals surface area contributed by atoms with Crippen molar-refractivity contribution in [1.29, 1.82) is 0 Å². The summed E-state index contributed by atoms with van der Waals surface area (Å²) >= 11 is 13.1. The summed E-state index contributed by atoms with van der Waals surface area (Å²) in [6.45, 7) is 2.72. The molecule has 4 N–H and O–H groups in total. The lowest BCUT2D eigenvalue weighted by molar-refractivity contribution is 0.100. The van der Waals surface area contributed by atoms with Gasteiger partial charge in [0.2, 0.25) is 0 Å². The number of aromatic amines is 2. The minimum atomic E-state index is -3.75. The fraction of sp³-hybridized carbons (Fsp3) is 0.220. The number of pyridine rings is 4. The highest BCUT2D eigenvalue weighted by Gasteiger charge is 2.39. The third-order valence-electron chi connectivity index (χ3n) is 14.0. The molecule has 6 aromatic heterocycles. The van der Waals surface area contributed by atoms with E-state index < -0.39 is 70.7 Å². The molecule has 0 atom stereocenters. The van der Waals surface area contributed by atoms with Gasteiger partial charge in [-0.05, 0) is 122 Å². The average Bonchev–Trinajstić information content (AvgIpc) is 4.39. The minimum Gasteiger partial charge on any atom is -0.392 e. The fourth-order valence-electron chi connectivity index (χ4n) is 9.97. The highest BCUT2D eigenvalue weighted by atomic mass is 35.5. The molecule has 11 rings (SSSR count). The van der Waals surface area contributed by atoms with Gasteiger partial charge in [-0.1, -0.05) is 54.9 Å². The number of aryl methyl sites for hydroxylation is 2. The summed E-state index contributed by atoms with van der Waals surface area (Å²) in [6.07, 6.45) is 4.85. The number of aliphatic hydroxyl groups excluding tert-OH is 2. The Balaban J connectivity index is 0.000000193. The Bertz CT molecular complexity index is 4590. The van der Waals surface area contributed by atoms with E-state index in [4.69, 9.17) is 23.2 Å². The summed E-state index contributed by atoms with van der Waals surface area (Å²) in [5.41, 5.74) is 4.34. The van der Waals surface area contributed by atoms with Gasteiger partial charge < -0.3 is 29.3 Å². The number of hydrogen-bond acceptors (Lipinski definition) is 12. The number of carbonyl (C=O) groups is 2. The van der Waals surface area contributed by atoms with E-state index in [2.05, 4.69) is 19.9 Å². The molecule has 6 heterocycles. The Morgan fingerprint density at radius 2 is 1.06 bits per heavy atom. The molecule has 1 fully saturated rings. The monoisotopic (exact) mass is 1180 g/mol. The molecule has 4 aromatic carbocycles. The van der Waals surface area contributed by atoms with Crippen LogP contribution in [0.4, 0.5) is 8.78 Å². The van der Waals surface area contributed by atoms with E-state index >= 15 is 4.39 Å². The molecular weight excluding hydrogens is 1130 g/mol. The standard InChI is InChI=1S/C30H25ClFN3O5S.C28H23ClFN3O5S.CH4/c1-16-9-22-25(12-23(16)32)35(13-19-11-18-5-4-17(14-36)10-24(18)34-29(19)31)28(26(37)15-41(39,40)20-6-7-20)27(22)21-3-2-8-33-30(21)38;1-15-8-20-23(11-21(15)30)33(12-18-10-17-6-5-16(13-34)9-22(17)32-27(18)29)26(24(35)14-39(2,37)38)25(20)19-4-3-7-31-28(19)36;/h2-5,8-12,20,36H,6-7,13-15H2,1H3,(H,33,38);3-11,34H,12-14H2,1-2H3,(H,31,36);1H4. The van der Waals surface area contributed by atoms with Crippen LogP contribution in [0, 0.1) is 25.5 Å². The first-order chi connectivity index (χ1) is 38.0. The maximum atomic E-state index is 15.0. The van der Waals surface area contributed by atoms with Crippen LogP contribution in [0.15, 0.2) is 119 Å². The van der Waals surface area contributed by atoms with E-state index in [1.54, 1.807) is 86.6 Å². The highest BCUT2D eigenvalue weighted by molar-refractivity contribution is 7.93. The van der Waals surface area contributed by atoms with Crippen molar-refractivity contribution in [2.45, 2.75) is 65.7 Å². The average molecular weight is 1180 g/mol. The normalized spacial score (nSPS) is 12.7. The van der Waals surface area contributed by atoms with Crippen molar-refractivity contribution < 1.29 is 45.4 Å². The summed E-state index contributed by atoms with van der Waals surface area (Å²) in [6, 6.07) is 25.9. The summed E-state index contributed by atoms with van der Waals surface area (Å²) in [5, 5.41) is 20.9. The zero-order valence-electron chi connectivity index (χ0n) is 42.9. The third-order valence-corrected chi connectivity index (χ3v) is 17.6. The number of hydrogen-bond donors (Lipinski definition) is 4. The number of Topliss-reactive ketones (excluding diaryl/α,β-unsaturated/α-hetero) is 2. The van der Waals surface area contributed by atoms with Crippen LogP contribution in [0.2, 0.25) is 10.3 Å². The SMILES string of the molecule is C.Cc1cc2c(-c3ccc[nH]c3=O)c(C(=O)CS(=O)(=O)C3CC3)n(Cc3cc4ccc(CO)cc4nc3Cl)c2cc1F.Cc1cc2c(-c3ccc[nH]c3=O)c(C(=O)CS(C)(=O)=O)n(Cc3cc4ccc(CO)cc4nc3Cl)c2cc1F. The molecular formula is C59H52Cl2F2N6O10S2. The van der Waals surface area contributed by atoms with E-state index in [9.17, 15) is 50.6 Å². The van der Waals surface area contributed by atoms with Crippen LogP contribution in [-0.4, -0.2) is 90.7 Å². The number of halogens is 4. The Morgan fingerprint density at radius 3 is 1.44 bits per heavy atom. The molecule has 0 unspecified atom stereocenters. The van der Waals surface area contributed by atoms with Crippen LogP contribution < -0.4 is 11.1 Å². The van der Waals surface area contributed by atoms with Crippen molar-refractivity contribution in [3.8, 4) is 22.3 Å². The summed E-state index contributed by atoms with van der Waals surface area (Å²) in [4.78, 5) is 67.5. The van der Waals surface area contributed by atoms with Gasteiger partial charge in [-0.15, -0.1) is 0 Å². The summed E-state index contributed by atoms with van der Waals surface area (Å²) < 4.78 is 83.1. The predicted octanol–water partition coefficient (Wildman–Crippen LogP) is 10.00. The molecule has 0 spiro atoms. The molecule has 22 heteroatoms. The van der Waals surface area contributed by atoms with Crippen molar-refractivity contribution in [3.05, 3.63) is 197 Å². The molecule has 16 nitrogen and oxygen atoms in total. The predicted molar refractivity (Wildman–Crippen MR) is 311 cm³/mol. The molecule has 1 aliphatic carbocycles. The van der Waals surface area contributed by atoms with Crippen molar-refractivity contribution in [1.82, 2.24) is 29.1 Å². The van der Waals surface area contributed by atoms with Crippen molar-refractivity contribution in [2.24, 2.45) is 0 Å². The zero-order valence-corrected chi connectivity index (χ0v) is 46.0. The van der Waals surface area contributed by atoms with E-state index in [0.717, 1.165) is 11.6 Å². The summed E-state index contributed by atoms with van der Waals surface area (Å²) in [5.74, 6) is -4.04. The number of rotatable bonds is 15. The van der Waals surface area contributed by atoms with Gasteiger partial charge >= 0.3 is 0 Å². The Hall–Kier alpha value is -7.72. The second-order valence-corrected chi connectivity index (χ2v) is 25.0. The number of H-pyrrole nitrogens is 2. The smallest absolute Gasteiger partial charge is 0.255 e. The number of nitrogens with zero attached hydrogens (tertiary/aromatic N) is 4. The number of carbonyl (C=O) groups excluding carboxylic acids is 2. The van der Waals surface area contributed by atoms with Crippen molar-refractivity contribution >= 4 is 98.1 Å². The molecule has 0 bridgehead atoms. The van der Waals surface area contributed by atoms with Crippen LogP contribution in [0.1, 0.15) is 74.6 Å². The van der Waals surface area contributed by atoms with Crippen LogP contribution in [0.5, 0.6) is 0 Å². The summed E-state index contributed by atoms with van der Waals surface area (Å²) in [7, 11) is -7.46. The number of fused-ring (bicyclic) bond motifs is 4. The maximum absolute atomic E-state index is 15.0. The van der Waals surface area contributed by atoms with Crippen LogP contribution in [0.3, 0.4) is 0 Å². The lowest BCUT2D eigenvalue weighted by Crippen LogP contribution is -2.23. The van der Waals surface area contributed by atoms with Gasteiger partial charge in [0.15, 0.2) is 31.2 Å². The van der Waals surface area contributed by atoms with Gasteiger partial charge in [-0.3, -0.25) is 19.2 Å². The lowest BCUT2D eigenvalue weighted by atomic mass is 10.0. The van der Waals surface area contributed by atoms with Gasteiger partial charge in [-0.25, -0.2) is 35.6 Å². The van der Waals surface area contributed by atoms with E-state index in [0.29, 0.717) is 84.4 Å². The van der Waals surface area contributed by atoms with E-state index in [1.807, 2.05) is 0 Å². The van der Waals surface area contributed by atoms with Gasteiger partial charge in [0.1, 0.15) is 33.4 Å². The van der Waals surface area contributed by atoms with Gasteiger partial charge in [0, 0.05) is 73.6 Å². The molecule has 1 saturated carbocycles. The van der Waals surface area contributed by atoms with Gasteiger partial charge in [0.25, 0.3) is 11.1 Å². The number of benzene rings is 4. The quantitative estimate of drug-likeness (QED) is 0.0553. The van der Waals surface area contributed by atoms with Crippen molar-refractivity contribution in [2.75, 3.05) is 17.8 Å². The molecule has 0 amide bonds. The van der Waals surface area contributed by atoms with Crippen molar-refractivity contribution in [3.63, 3.8) is 0 Å². The van der Waals surface area contributed by atoms with Crippen LogP contribution in [-0.2, 0) is 46.0 Å². The molecule has 0 aliphatic heterocycles. The number of aliphatic hydroxyl groups is 2. The first-order valence-corrected chi connectivity index (χ1v) is 29.4. The molecule has 81 heavy (non-hydrogen) atoms. The molecule has 0 radical (unpaired) electrons. The molecule has 0 saturated heterocycles. The van der Waals surface area contributed by atoms with E-state index in [-0.39, 0.29) is 77.7 Å². The first kappa shape index (κ1) is 58.0. The number of ketones is 2. The lowest BCUT2D eigenvalue weighted by Gasteiger charge is -2.14. The Labute approximate surface area is 472 Å². The Kier molecular flexibility index (Phi) is 16.2. The number of aromatic nitrogens is 6. The van der Waals surface area contributed by atoms with Gasteiger partial charge in [0.05, 0.1) is 65.0 Å². The number of nitrogens with one attached hydrogen (secondary N) is 2. The third kappa shape index (κ3) is 11.6. The largest absolute Gasteiger partial charge is 0.392 e. The second-order valence-electron chi connectivity index (χ2n) is 19.9. The molecule has 1 aliphatic rings. The second kappa shape index (κ2) is 22.7. The number of sulfone groups is 2. The fourth-order valence-corrected chi connectivity index (χ4v) is 12.6. The van der Waals surface area contributed by atoms with Crippen LogP contribution >= 0.6 is 23.2 Å². The zero-order chi connectivity index (χ0) is 57.1. The van der Waals surface area contributed by atoms with E-state index in [1.165, 1.54) is 45.8 Å².